The standard InChI is InChI=1S/C15H20F3NO2/c16-15(17,18)21-14-8-6-13(7-9-14)20-11-3-1-2-10-19-12-4-5-12/h6-9,12,19H,1-5,10-11H2. The van der Waals surface area contributed by atoms with E-state index in [1.165, 1.54) is 37.1 Å². The van der Waals surface area contributed by atoms with Crippen LogP contribution in [-0.2, 0) is 0 Å². The van der Waals surface area contributed by atoms with Gasteiger partial charge in [0.25, 0.3) is 0 Å². The second-order valence-corrected chi connectivity index (χ2v) is 5.16. The monoisotopic (exact) mass is 303 g/mol. The van der Waals surface area contributed by atoms with Gasteiger partial charge in [0, 0.05) is 6.04 Å². The highest BCUT2D eigenvalue weighted by molar-refractivity contribution is 5.31. The maximum absolute atomic E-state index is 12.0. The highest BCUT2D eigenvalue weighted by Gasteiger charge is 2.30. The Hall–Kier alpha value is -1.43. The topological polar surface area (TPSA) is 30.5 Å². The molecule has 6 heteroatoms. The summed E-state index contributed by atoms with van der Waals surface area (Å²) in [5.74, 6) is 0.321. The summed E-state index contributed by atoms with van der Waals surface area (Å²) >= 11 is 0. The molecule has 21 heavy (non-hydrogen) atoms. The lowest BCUT2D eigenvalue weighted by atomic mass is 10.2. The number of ether oxygens (including phenoxy) is 2. The molecule has 1 aliphatic carbocycles. The van der Waals surface area contributed by atoms with E-state index in [0.29, 0.717) is 12.4 Å². The molecule has 2 rings (SSSR count). The Bertz CT molecular complexity index is 416. The molecule has 0 aromatic heterocycles. The smallest absolute Gasteiger partial charge is 0.494 e. The Labute approximate surface area is 122 Å². The second-order valence-electron chi connectivity index (χ2n) is 5.16. The van der Waals surface area contributed by atoms with Crippen molar-refractivity contribution in [1.82, 2.24) is 5.32 Å². The molecule has 0 unspecified atom stereocenters. The number of unbranched alkanes of at least 4 members (excludes halogenated alkanes) is 2. The number of alkyl halides is 3. The van der Waals surface area contributed by atoms with Gasteiger partial charge in [0.15, 0.2) is 0 Å². The normalized spacial score (nSPS) is 15.0. The van der Waals surface area contributed by atoms with E-state index in [4.69, 9.17) is 4.74 Å². The molecule has 1 fully saturated rings. The van der Waals surface area contributed by atoms with Crippen molar-refractivity contribution in [3.63, 3.8) is 0 Å². The fourth-order valence-corrected chi connectivity index (χ4v) is 1.93. The summed E-state index contributed by atoms with van der Waals surface area (Å²) in [5.41, 5.74) is 0. The number of rotatable bonds is 9. The third-order valence-corrected chi connectivity index (χ3v) is 3.16. The minimum absolute atomic E-state index is 0.235. The van der Waals surface area contributed by atoms with Gasteiger partial charge in [0.1, 0.15) is 11.5 Å². The van der Waals surface area contributed by atoms with E-state index in [9.17, 15) is 13.2 Å². The molecule has 0 aliphatic heterocycles. The summed E-state index contributed by atoms with van der Waals surface area (Å²) in [6.07, 6.45) is 1.09. The van der Waals surface area contributed by atoms with E-state index >= 15 is 0 Å². The molecule has 1 N–H and O–H groups in total. The molecular formula is C15H20F3NO2. The van der Waals surface area contributed by atoms with Crippen LogP contribution in [0.5, 0.6) is 11.5 Å². The average molecular weight is 303 g/mol. The lowest BCUT2D eigenvalue weighted by molar-refractivity contribution is -0.274. The molecular weight excluding hydrogens is 283 g/mol. The van der Waals surface area contributed by atoms with E-state index in [0.717, 1.165) is 31.8 Å². The van der Waals surface area contributed by atoms with Crippen LogP contribution < -0.4 is 14.8 Å². The predicted molar refractivity (Wildman–Crippen MR) is 73.5 cm³/mol. The first-order valence-corrected chi connectivity index (χ1v) is 7.25. The number of halogens is 3. The number of hydrogen-bond donors (Lipinski definition) is 1. The zero-order valence-electron chi connectivity index (χ0n) is 11.8. The first-order valence-electron chi connectivity index (χ1n) is 7.25. The first kappa shape index (κ1) is 15.9. The Morgan fingerprint density at radius 2 is 1.67 bits per heavy atom. The van der Waals surface area contributed by atoms with Crippen LogP contribution in [0.1, 0.15) is 32.1 Å². The van der Waals surface area contributed by atoms with Crippen molar-refractivity contribution in [3.05, 3.63) is 24.3 Å². The summed E-state index contributed by atoms with van der Waals surface area (Å²) in [6, 6.07) is 6.22. The minimum atomic E-state index is -4.66. The van der Waals surface area contributed by atoms with Crippen LogP contribution in [0, 0.1) is 0 Å². The fourth-order valence-electron chi connectivity index (χ4n) is 1.93. The Morgan fingerprint density at radius 3 is 2.29 bits per heavy atom. The van der Waals surface area contributed by atoms with Gasteiger partial charge in [0.05, 0.1) is 6.61 Å². The van der Waals surface area contributed by atoms with Gasteiger partial charge >= 0.3 is 6.36 Å². The summed E-state index contributed by atoms with van der Waals surface area (Å²) < 4.78 is 45.2. The summed E-state index contributed by atoms with van der Waals surface area (Å²) in [6.45, 7) is 1.62. The first-order chi connectivity index (χ1) is 10.0. The molecule has 0 radical (unpaired) electrons. The Morgan fingerprint density at radius 1 is 1.00 bits per heavy atom. The van der Waals surface area contributed by atoms with E-state index in [1.807, 2.05) is 0 Å². The van der Waals surface area contributed by atoms with Crippen molar-refractivity contribution >= 4 is 0 Å². The van der Waals surface area contributed by atoms with Gasteiger partial charge < -0.3 is 14.8 Å². The van der Waals surface area contributed by atoms with Crippen LogP contribution in [0.2, 0.25) is 0 Å². The molecule has 0 bridgehead atoms. The summed E-state index contributed by atoms with van der Waals surface area (Å²) in [5, 5.41) is 3.44. The Balaban J connectivity index is 1.55. The van der Waals surface area contributed by atoms with Crippen LogP contribution in [0.3, 0.4) is 0 Å². The number of hydrogen-bond acceptors (Lipinski definition) is 3. The maximum Gasteiger partial charge on any atom is 0.573 e. The van der Waals surface area contributed by atoms with E-state index in [-0.39, 0.29) is 5.75 Å². The van der Waals surface area contributed by atoms with Gasteiger partial charge in [-0.15, -0.1) is 13.2 Å². The van der Waals surface area contributed by atoms with E-state index in [1.54, 1.807) is 0 Å². The molecule has 0 atom stereocenters. The molecule has 118 valence electrons. The average Bonchev–Trinajstić information content (AvgIpc) is 3.22. The molecule has 1 aromatic carbocycles. The van der Waals surface area contributed by atoms with Gasteiger partial charge in [-0.1, -0.05) is 0 Å². The third-order valence-electron chi connectivity index (χ3n) is 3.16. The quantitative estimate of drug-likeness (QED) is 0.702. The summed E-state index contributed by atoms with van der Waals surface area (Å²) in [4.78, 5) is 0. The lowest BCUT2D eigenvalue weighted by Crippen LogP contribution is -2.17. The van der Waals surface area contributed by atoms with Crippen molar-refractivity contribution in [3.8, 4) is 11.5 Å². The van der Waals surface area contributed by atoms with Crippen LogP contribution >= 0.6 is 0 Å². The van der Waals surface area contributed by atoms with Gasteiger partial charge in [-0.05, 0) is 62.9 Å². The van der Waals surface area contributed by atoms with E-state index < -0.39 is 6.36 Å². The van der Waals surface area contributed by atoms with Crippen LogP contribution in [0.15, 0.2) is 24.3 Å². The van der Waals surface area contributed by atoms with Gasteiger partial charge in [-0.25, -0.2) is 0 Å². The van der Waals surface area contributed by atoms with Crippen molar-refractivity contribution < 1.29 is 22.6 Å². The van der Waals surface area contributed by atoms with Crippen molar-refractivity contribution in [2.45, 2.75) is 44.5 Å². The van der Waals surface area contributed by atoms with Crippen molar-refractivity contribution in [2.75, 3.05) is 13.2 Å². The fraction of sp³-hybridized carbons (Fsp3) is 0.600. The highest BCUT2D eigenvalue weighted by atomic mass is 19.4. The zero-order valence-corrected chi connectivity index (χ0v) is 11.8. The SMILES string of the molecule is FC(F)(F)Oc1ccc(OCCCCCNC2CC2)cc1. The zero-order chi connectivity index (χ0) is 15.1. The molecule has 3 nitrogen and oxygen atoms in total. The number of nitrogens with one attached hydrogen (secondary N) is 1. The Kier molecular flexibility index (Phi) is 5.73. The minimum Gasteiger partial charge on any atom is -0.494 e. The second kappa shape index (κ2) is 7.54. The predicted octanol–water partition coefficient (Wildman–Crippen LogP) is 3.89. The van der Waals surface area contributed by atoms with Crippen LogP contribution in [-0.4, -0.2) is 25.6 Å². The largest absolute Gasteiger partial charge is 0.573 e. The van der Waals surface area contributed by atoms with Gasteiger partial charge in [-0.2, -0.15) is 0 Å². The highest BCUT2D eigenvalue weighted by Crippen LogP contribution is 2.24. The van der Waals surface area contributed by atoms with Crippen LogP contribution in [0.4, 0.5) is 13.2 Å². The molecule has 0 spiro atoms. The lowest BCUT2D eigenvalue weighted by Gasteiger charge is -2.10. The van der Waals surface area contributed by atoms with Gasteiger partial charge in [0.2, 0.25) is 0 Å². The summed E-state index contributed by atoms with van der Waals surface area (Å²) in [7, 11) is 0. The molecule has 0 amide bonds. The van der Waals surface area contributed by atoms with Crippen LogP contribution in [0.25, 0.3) is 0 Å². The molecule has 0 saturated heterocycles. The third kappa shape index (κ3) is 7.22. The molecule has 1 aliphatic rings. The molecule has 0 heterocycles. The number of benzene rings is 1. The van der Waals surface area contributed by atoms with Gasteiger partial charge in [-0.3, -0.25) is 0 Å². The van der Waals surface area contributed by atoms with Crippen molar-refractivity contribution in [2.24, 2.45) is 0 Å². The van der Waals surface area contributed by atoms with Crippen molar-refractivity contribution in [1.29, 1.82) is 0 Å². The van der Waals surface area contributed by atoms with E-state index in [2.05, 4.69) is 10.1 Å². The maximum atomic E-state index is 12.0. The molecule has 1 aromatic rings. The molecule has 1 saturated carbocycles.